The molecule has 2 aromatic carbocycles. The largest absolute Gasteiger partial charge is 0.487 e. The van der Waals surface area contributed by atoms with Gasteiger partial charge in [-0.15, -0.1) is 0 Å². The van der Waals surface area contributed by atoms with Crippen molar-refractivity contribution >= 4 is 55.8 Å². The molecule has 0 unspecified atom stereocenters. The summed E-state index contributed by atoms with van der Waals surface area (Å²) >= 11 is 6.69. The van der Waals surface area contributed by atoms with E-state index in [2.05, 4.69) is 31.9 Å². The number of amides is 4. The van der Waals surface area contributed by atoms with Crippen LogP contribution in [0.4, 0.5) is 9.18 Å². The van der Waals surface area contributed by atoms with Crippen LogP contribution in [0.15, 0.2) is 50.9 Å². The van der Waals surface area contributed by atoms with Crippen molar-refractivity contribution in [1.82, 2.24) is 10.6 Å². The smallest absolute Gasteiger partial charge is 0.328 e. The highest BCUT2D eigenvalue weighted by Gasteiger charge is 2.28. The van der Waals surface area contributed by atoms with Gasteiger partial charge in [0, 0.05) is 15.6 Å². The van der Waals surface area contributed by atoms with Crippen molar-refractivity contribution in [2.45, 2.75) is 6.61 Å². The molecule has 0 aliphatic carbocycles. The zero-order chi connectivity index (χ0) is 19.6. The van der Waals surface area contributed by atoms with Gasteiger partial charge in [0.05, 0.1) is 4.47 Å². The molecular formula is C18H11Br2FN2O4. The second-order valence-electron chi connectivity index (χ2n) is 5.48. The predicted molar refractivity (Wildman–Crippen MR) is 102 cm³/mol. The van der Waals surface area contributed by atoms with Crippen molar-refractivity contribution in [3.05, 3.63) is 67.9 Å². The lowest BCUT2D eigenvalue weighted by Gasteiger charge is -2.16. The number of halogens is 3. The Morgan fingerprint density at radius 3 is 2.37 bits per heavy atom. The molecule has 2 N–H and O–H groups in total. The molecule has 0 bridgehead atoms. The van der Waals surface area contributed by atoms with Crippen molar-refractivity contribution < 1.29 is 23.5 Å². The van der Waals surface area contributed by atoms with Gasteiger partial charge in [0.15, 0.2) is 0 Å². The normalized spacial score (nSPS) is 13.9. The SMILES string of the molecule is O=C1NC(=O)C(=Cc2cc(Br)cc(Br)c2OCc2ccccc2F)C(=O)N1. The first-order valence-electron chi connectivity index (χ1n) is 7.59. The number of imide groups is 2. The zero-order valence-corrected chi connectivity index (χ0v) is 16.7. The van der Waals surface area contributed by atoms with Crippen molar-refractivity contribution in [2.24, 2.45) is 0 Å². The van der Waals surface area contributed by atoms with Crippen molar-refractivity contribution in [2.75, 3.05) is 0 Å². The summed E-state index contributed by atoms with van der Waals surface area (Å²) in [4.78, 5) is 35.1. The van der Waals surface area contributed by atoms with Crippen LogP contribution in [-0.4, -0.2) is 17.8 Å². The number of hydrogen-bond acceptors (Lipinski definition) is 4. The van der Waals surface area contributed by atoms with Gasteiger partial charge >= 0.3 is 6.03 Å². The van der Waals surface area contributed by atoms with E-state index in [1.807, 2.05) is 10.6 Å². The van der Waals surface area contributed by atoms with E-state index in [0.29, 0.717) is 25.8 Å². The molecular weight excluding hydrogens is 487 g/mol. The topological polar surface area (TPSA) is 84.5 Å². The summed E-state index contributed by atoms with van der Waals surface area (Å²) in [5.74, 6) is -1.73. The minimum absolute atomic E-state index is 0.0556. The summed E-state index contributed by atoms with van der Waals surface area (Å²) in [7, 11) is 0. The first-order valence-corrected chi connectivity index (χ1v) is 9.17. The second kappa shape index (κ2) is 8.01. The number of rotatable bonds is 4. The van der Waals surface area contributed by atoms with Crippen molar-refractivity contribution in [3.8, 4) is 5.75 Å². The fourth-order valence-electron chi connectivity index (χ4n) is 2.37. The molecule has 0 radical (unpaired) electrons. The van der Waals surface area contributed by atoms with E-state index < -0.39 is 23.7 Å². The maximum atomic E-state index is 13.8. The summed E-state index contributed by atoms with van der Waals surface area (Å²) in [6.07, 6.45) is 1.29. The molecule has 4 amide bonds. The molecule has 6 nitrogen and oxygen atoms in total. The third-order valence-corrected chi connectivity index (χ3v) is 4.66. The molecule has 1 aliphatic rings. The Hall–Kier alpha value is -2.52. The van der Waals surface area contributed by atoms with Crippen LogP contribution < -0.4 is 15.4 Å². The maximum Gasteiger partial charge on any atom is 0.328 e. The first-order chi connectivity index (χ1) is 12.8. The predicted octanol–water partition coefficient (Wildman–Crippen LogP) is 3.68. The number of ether oxygens (including phenoxy) is 1. The molecule has 27 heavy (non-hydrogen) atoms. The molecule has 138 valence electrons. The minimum Gasteiger partial charge on any atom is -0.487 e. The number of benzene rings is 2. The summed E-state index contributed by atoms with van der Waals surface area (Å²) in [6.45, 7) is -0.0556. The highest BCUT2D eigenvalue weighted by molar-refractivity contribution is 9.11. The Labute approximate surface area is 170 Å². The zero-order valence-electron chi connectivity index (χ0n) is 13.5. The van der Waals surface area contributed by atoms with Crippen LogP contribution in [0, 0.1) is 5.82 Å². The third kappa shape index (κ3) is 4.42. The molecule has 2 aromatic rings. The Morgan fingerprint density at radius 2 is 1.70 bits per heavy atom. The Balaban J connectivity index is 1.97. The van der Waals surface area contributed by atoms with Gasteiger partial charge in [-0.1, -0.05) is 34.1 Å². The molecule has 1 fully saturated rings. The van der Waals surface area contributed by atoms with E-state index in [0.717, 1.165) is 0 Å². The Bertz CT molecular complexity index is 969. The van der Waals surface area contributed by atoms with Crippen LogP contribution in [0.3, 0.4) is 0 Å². The second-order valence-corrected chi connectivity index (χ2v) is 7.25. The summed E-state index contributed by atoms with van der Waals surface area (Å²) < 4.78 is 20.8. The van der Waals surface area contributed by atoms with Crippen LogP contribution in [0.2, 0.25) is 0 Å². The molecule has 3 rings (SSSR count). The highest BCUT2D eigenvalue weighted by atomic mass is 79.9. The number of carbonyl (C=O) groups is 3. The van der Waals surface area contributed by atoms with E-state index in [9.17, 15) is 18.8 Å². The molecule has 0 spiro atoms. The van der Waals surface area contributed by atoms with Gasteiger partial charge in [-0.25, -0.2) is 9.18 Å². The van der Waals surface area contributed by atoms with Crippen LogP contribution in [0.25, 0.3) is 6.08 Å². The van der Waals surface area contributed by atoms with E-state index in [1.165, 1.54) is 12.1 Å². The molecule has 9 heteroatoms. The lowest BCUT2D eigenvalue weighted by molar-refractivity contribution is -0.123. The van der Waals surface area contributed by atoms with Crippen LogP contribution >= 0.6 is 31.9 Å². The number of carbonyl (C=O) groups excluding carboxylic acids is 3. The molecule has 1 saturated heterocycles. The first kappa shape index (κ1) is 19.2. The fourth-order valence-corrected chi connectivity index (χ4v) is 3.74. The highest BCUT2D eigenvalue weighted by Crippen LogP contribution is 2.35. The van der Waals surface area contributed by atoms with E-state index in [4.69, 9.17) is 4.74 Å². The number of hydrogen-bond donors (Lipinski definition) is 2. The quantitative estimate of drug-likeness (QED) is 0.498. The molecule has 0 saturated carbocycles. The number of barbiturate groups is 1. The van der Waals surface area contributed by atoms with Crippen molar-refractivity contribution in [1.29, 1.82) is 0 Å². The lowest BCUT2D eigenvalue weighted by atomic mass is 10.1. The van der Waals surface area contributed by atoms with Crippen LogP contribution in [0.1, 0.15) is 11.1 Å². The molecule has 0 atom stereocenters. The summed E-state index contributed by atoms with van der Waals surface area (Å²) in [5.41, 5.74) is 0.488. The van der Waals surface area contributed by atoms with Gasteiger partial charge in [-0.05, 0) is 40.2 Å². The maximum absolute atomic E-state index is 13.8. The average molecular weight is 498 g/mol. The van der Waals surface area contributed by atoms with Gasteiger partial charge in [-0.2, -0.15) is 0 Å². The van der Waals surface area contributed by atoms with Crippen molar-refractivity contribution in [3.63, 3.8) is 0 Å². The average Bonchev–Trinajstić information content (AvgIpc) is 2.58. The molecule has 1 aliphatic heterocycles. The number of nitrogens with one attached hydrogen (secondary N) is 2. The van der Waals surface area contributed by atoms with Gasteiger partial charge in [-0.3, -0.25) is 20.2 Å². The monoisotopic (exact) mass is 496 g/mol. The van der Waals surface area contributed by atoms with E-state index in [1.54, 1.807) is 30.3 Å². The Morgan fingerprint density at radius 1 is 1.04 bits per heavy atom. The van der Waals surface area contributed by atoms with Crippen LogP contribution in [-0.2, 0) is 16.2 Å². The van der Waals surface area contributed by atoms with Gasteiger partial charge < -0.3 is 4.74 Å². The van der Waals surface area contributed by atoms with Crippen LogP contribution in [0.5, 0.6) is 5.75 Å². The van der Waals surface area contributed by atoms with E-state index >= 15 is 0 Å². The molecule has 0 aromatic heterocycles. The van der Waals surface area contributed by atoms with E-state index in [-0.39, 0.29) is 12.2 Å². The molecule has 1 heterocycles. The minimum atomic E-state index is -0.881. The standard InChI is InChI=1S/C18H11Br2FN2O4/c19-11-5-10(6-12-16(24)22-18(26)23-17(12)25)15(13(20)7-11)27-8-9-3-1-2-4-14(9)21/h1-7H,8H2,(H2,22,23,24,25,26). The number of urea groups is 1. The fraction of sp³-hybridized carbons (Fsp3) is 0.0556. The summed E-state index contributed by atoms with van der Waals surface area (Å²) in [5, 5.41) is 4.00. The lowest BCUT2D eigenvalue weighted by Crippen LogP contribution is -2.51. The third-order valence-electron chi connectivity index (χ3n) is 3.61. The summed E-state index contributed by atoms with van der Waals surface area (Å²) in [6, 6.07) is 8.64. The van der Waals surface area contributed by atoms with Gasteiger partial charge in [0.2, 0.25) is 0 Å². The Kier molecular flexibility index (Phi) is 5.71. The van der Waals surface area contributed by atoms with Gasteiger partial charge in [0.25, 0.3) is 11.8 Å². The van der Waals surface area contributed by atoms with Gasteiger partial charge in [0.1, 0.15) is 23.7 Å².